The Morgan fingerprint density at radius 2 is 1.54 bits per heavy atom. The van der Waals surface area contributed by atoms with Crippen LogP contribution >= 0.6 is 0 Å². The summed E-state index contributed by atoms with van der Waals surface area (Å²) in [6.45, 7) is 3.15. The van der Waals surface area contributed by atoms with Crippen LogP contribution in [0.2, 0.25) is 0 Å². The molecule has 2 N–H and O–H groups in total. The molecule has 0 saturated carbocycles. The van der Waals surface area contributed by atoms with Crippen molar-refractivity contribution < 1.29 is 22.2 Å². The first-order chi connectivity index (χ1) is 5.59. The van der Waals surface area contributed by atoms with Gasteiger partial charge in [-0.15, -0.1) is 0 Å². The molecule has 13 heavy (non-hydrogen) atoms. The van der Waals surface area contributed by atoms with Crippen molar-refractivity contribution in [2.75, 3.05) is 0 Å². The largest absolute Gasteiger partial charge is 0.334 e. The van der Waals surface area contributed by atoms with Gasteiger partial charge in [-0.05, 0) is 20.8 Å². The van der Waals surface area contributed by atoms with Crippen molar-refractivity contribution in [1.82, 2.24) is 0 Å². The molecular formula is C6H11NO5S. The van der Waals surface area contributed by atoms with Crippen molar-refractivity contribution >= 4 is 21.9 Å². The van der Waals surface area contributed by atoms with E-state index in [-0.39, 0.29) is 0 Å². The van der Waals surface area contributed by atoms with Crippen LogP contribution in [0.4, 0.5) is 0 Å². The minimum absolute atomic E-state index is 0.714. The Hall–Kier alpha value is -0.790. The zero-order valence-electron chi connectivity index (χ0n) is 7.53. The van der Waals surface area contributed by atoms with E-state index >= 15 is 0 Å². The molecule has 0 unspecified atom stereocenters. The van der Waals surface area contributed by atoms with E-state index in [9.17, 15) is 18.0 Å². The lowest BCUT2D eigenvalue weighted by molar-refractivity contribution is -0.143. The number of Topliss-reactive ketones (excluding diaryl/α,β-unsaturated/α-hetero) is 2. The third kappa shape index (κ3) is 3.21. The predicted octanol–water partition coefficient (Wildman–Crippen LogP) is -0.857. The summed E-state index contributed by atoms with van der Waals surface area (Å²) in [6.07, 6.45) is 0. The van der Waals surface area contributed by atoms with Gasteiger partial charge in [-0.3, -0.25) is 9.59 Å². The highest BCUT2D eigenvalue weighted by molar-refractivity contribution is 7.84. The van der Waals surface area contributed by atoms with Crippen LogP contribution in [-0.2, 0) is 24.1 Å². The van der Waals surface area contributed by atoms with Gasteiger partial charge in [0.25, 0.3) is 0 Å². The summed E-state index contributed by atoms with van der Waals surface area (Å²) in [5, 5.41) is 4.54. The van der Waals surface area contributed by atoms with Crippen molar-refractivity contribution in [2.45, 2.75) is 26.4 Å². The van der Waals surface area contributed by atoms with Gasteiger partial charge in [0.05, 0.1) is 0 Å². The van der Waals surface area contributed by atoms with Gasteiger partial charge in [-0.2, -0.15) is 8.42 Å². The molecule has 0 fully saturated rings. The van der Waals surface area contributed by atoms with E-state index in [1.165, 1.54) is 0 Å². The zero-order chi connectivity index (χ0) is 10.9. The van der Waals surface area contributed by atoms with Crippen molar-refractivity contribution in [3.05, 3.63) is 0 Å². The summed E-state index contributed by atoms with van der Waals surface area (Å²) >= 11 is 0. The van der Waals surface area contributed by atoms with Crippen molar-refractivity contribution in [3.63, 3.8) is 0 Å². The average molecular weight is 209 g/mol. The van der Waals surface area contributed by atoms with E-state index in [2.05, 4.69) is 9.32 Å². The van der Waals surface area contributed by atoms with Crippen LogP contribution in [0.1, 0.15) is 20.8 Å². The lowest BCUT2D eigenvalue weighted by Gasteiger charge is -2.21. The van der Waals surface area contributed by atoms with E-state index in [1.54, 1.807) is 0 Å². The highest BCUT2D eigenvalue weighted by atomic mass is 32.2. The summed E-state index contributed by atoms with van der Waals surface area (Å²) in [5.41, 5.74) is -2.01. The fraction of sp³-hybridized carbons (Fsp3) is 0.667. The molecule has 0 radical (unpaired) electrons. The average Bonchev–Trinajstić information content (AvgIpc) is 1.82. The molecule has 0 amide bonds. The van der Waals surface area contributed by atoms with Gasteiger partial charge in [0.1, 0.15) is 0 Å². The van der Waals surface area contributed by atoms with E-state index in [4.69, 9.17) is 0 Å². The Kier molecular flexibility index (Phi) is 3.31. The van der Waals surface area contributed by atoms with Gasteiger partial charge in [0.2, 0.25) is 5.60 Å². The smallest absolute Gasteiger partial charge is 0.296 e. The molecule has 0 rings (SSSR count). The lowest BCUT2D eigenvalue weighted by atomic mass is 9.98. The van der Waals surface area contributed by atoms with Gasteiger partial charge in [-0.25, -0.2) is 9.32 Å². The van der Waals surface area contributed by atoms with Gasteiger partial charge >= 0.3 is 10.3 Å². The van der Waals surface area contributed by atoms with Crippen LogP contribution in [0.5, 0.6) is 0 Å². The maximum absolute atomic E-state index is 10.9. The van der Waals surface area contributed by atoms with Crippen LogP contribution in [-0.4, -0.2) is 25.6 Å². The minimum atomic E-state index is -4.31. The standard InChI is InChI=1S/C6H11NO5S/c1-4(8)6(3,5(2)9)12-13(7,10)11/h1-3H3,(H2,7,10,11). The highest BCUT2D eigenvalue weighted by Gasteiger charge is 2.40. The zero-order valence-corrected chi connectivity index (χ0v) is 8.34. The molecule has 0 aliphatic carbocycles. The van der Waals surface area contributed by atoms with Crippen LogP contribution in [0.25, 0.3) is 0 Å². The lowest BCUT2D eigenvalue weighted by Crippen LogP contribution is -2.46. The quantitative estimate of drug-likeness (QED) is 0.607. The molecule has 76 valence electrons. The van der Waals surface area contributed by atoms with Crippen LogP contribution < -0.4 is 5.14 Å². The predicted molar refractivity (Wildman–Crippen MR) is 44.0 cm³/mol. The molecule has 6 nitrogen and oxygen atoms in total. The summed E-state index contributed by atoms with van der Waals surface area (Å²) in [4.78, 5) is 21.8. The fourth-order valence-corrected chi connectivity index (χ4v) is 1.30. The molecule has 0 spiro atoms. The number of carbonyl (C=O) groups excluding carboxylic acids is 2. The first kappa shape index (κ1) is 12.2. The van der Waals surface area contributed by atoms with Crippen LogP contribution in [0.3, 0.4) is 0 Å². The van der Waals surface area contributed by atoms with Crippen LogP contribution in [0.15, 0.2) is 0 Å². The molecule has 0 saturated heterocycles. The molecule has 0 atom stereocenters. The number of carbonyl (C=O) groups is 2. The Morgan fingerprint density at radius 1 is 1.23 bits per heavy atom. The topological polar surface area (TPSA) is 104 Å². The summed E-state index contributed by atoms with van der Waals surface area (Å²) in [5.74, 6) is -1.43. The Balaban J connectivity index is 5.06. The molecular weight excluding hydrogens is 198 g/mol. The van der Waals surface area contributed by atoms with Crippen molar-refractivity contribution in [1.29, 1.82) is 0 Å². The van der Waals surface area contributed by atoms with Crippen molar-refractivity contribution in [2.24, 2.45) is 5.14 Å². The number of ketones is 2. The third-order valence-electron chi connectivity index (χ3n) is 1.63. The second-order valence-corrected chi connectivity index (χ2v) is 3.87. The van der Waals surface area contributed by atoms with Gasteiger partial charge in [0, 0.05) is 0 Å². The Morgan fingerprint density at radius 3 is 1.62 bits per heavy atom. The fourth-order valence-electron chi connectivity index (χ4n) is 0.598. The Bertz CT molecular complexity index is 317. The molecule has 0 aromatic rings. The molecule has 0 bridgehead atoms. The normalized spacial score (nSPS) is 12.6. The van der Waals surface area contributed by atoms with Gasteiger partial charge in [0.15, 0.2) is 11.6 Å². The number of hydrogen-bond donors (Lipinski definition) is 1. The second-order valence-electron chi connectivity index (χ2n) is 2.72. The second kappa shape index (κ2) is 3.52. The summed E-state index contributed by atoms with van der Waals surface area (Å²) in [6, 6.07) is 0. The number of rotatable bonds is 4. The van der Waals surface area contributed by atoms with Crippen LogP contribution in [0, 0.1) is 0 Å². The van der Waals surface area contributed by atoms with E-state index in [0.717, 1.165) is 20.8 Å². The van der Waals surface area contributed by atoms with E-state index < -0.39 is 27.5 Å². The molecule has 0 aliphatic rings. The van der Waals surface area contributed by atoms with E-state index in [0.29, 0.717) is 0 Å². The molecule has 0 aromatic carbocycles. The third-order valence-corrected chi connectivity index (χ3v) is 2.19. The molecule has 0 aromatic heterocycles. The number of nitrogens with two attached hydrogens (primary N) is 1. The van der Waals surface area contributed by atoms with E-state index in [1.807, 2.05) is 0 Å². The van der Waals surface area contributed by atoms with Gasteiger partial charge < -0.3 is 0 Å². The number of hydrogen-bond acceptors (Lipinski definition) is 5. The maximum atomic E-state index is 10.9. The maximum Gasteiger partial charge on any atom is 0.334 e. The monoisotopic (exact) mass is 209 g/mol. The molecule has 7 heteroatoms. The minimum Gasteiger partial charge on any atom is -0.296 e. The first-order valence-corrected chi connectivity index (χ1v) is 4.82. The van der Waals surface area contributed by atoms with Crippen molar-refractivity contribution in [3.8, 4) is 0 Å². The highest BCUT2D eigenvalue weighted by Crippen LogP contribution is 2.15. The Labute approximate surface area is 76.3 Å². The SMILES string of the molecule is CC(=O)C(C)(OS(N)(=O)=O)C(C)=O. The summed E-state index contributed by atoms with van der Waals surface area (Å²) in [7, 11) is -4.31. The molecule has 0 aliphatic heterocycles. The first-order valence-electron chi connectivity index (χ1n) is 3.35. The van der Waals surface area contributed by atoms with Gasteiger partial charge in [-0.1, -0.05) is 0 Å². The summed E-state index contributed by atoms with van der Waals surface area (Å²) < 4.78 is 25.2. The molecule has 0 heterocycles.